The Balaban J connectivity index is 1.26. The second-order valence-electron chi connectivity index (χ2n) is 9.54. The van der Waals surface area contributed by atoms with Gasteiger partial charge in [0.05, 0.1) is 10.5 Å². The van der Waals surface area contributed by atoms with Crippen LogP contribution in [-0.4, -0.2) is 68.0 Å². The third kappa shape index (κ3) is 6.28. The van der Waals surface area contributed by atoms with Crippen molar-refractivity contribution in [2.24, 2.45) is 5.16 Å². The first-order chi connectivity index (χ1) is 20.4. The van der Waals surface area contributed by atoms with Crippen LogP contribution in [0.15, 0.2) is 46.6 Å². The molecule has 1 unspecified atom stereocenters. The molecule has 3 amide bonds. The summed E-state index contributed by atoms with van der Waals surface area (Å²) >= 11 is 2.45. The van der Waals surface area contributed by atoms with Crippen LogP contribution >= 0.6 is 23.1 Å². The van der Waals surface area contributed by atoms with Gasteiger partial charge in [-0.1, -0.05) is 23.7 Å². The van der Waals surface area contributed by atoms with Crippen LogP contribution in [0.25, 0.3) is 0 Å². The first-order valence-corrected chi connectivity index (χ1v) is 15.0. The minimum absolute atomic E-state index is 0.00596. The maximum Gasteiger partial charge on any atom is 0.355 e. The van der Waals surface area contributed by atoms with Gasteiger partial charge in [0.25, 0.3) is 17.5 Å². The summed E-state index contributed by atoms with van der Waals surface area (Å²) in [7, 11) is 0. The highest BCUT2D eigenvalue weighted by molar-refractivity contribution is 8.00. The maximum absolute atomic E-state index is 13.4. The molecule has 1 aliphatic carbocycles. The largest absolute Gasteiger partial charge is 0.456 e. The summed E-state index contributed by atoms with van der Waals surface area (Å²) in [5.74, 6) is -1.65. The Hall–Kier alpha value is -4.31. The number of hydrogen-bond donors (Lipinski definition) is 2. The topological polar surface area (TPSA) is 182 Å². The summed E-state index contributed by atoms with van der Waals surface area (Å²) in [6.07, 6.45) is 6.60. The molecule has 2 aliphatic heterocycles. The van der Waals surface area contributed by atoms with Gasteiger partial charge < -0.3 is 20.2 Å². The second kappa shape index (κ2) is 13.1. The summed E-state index contributed by atoms with van der Waals surface area (Å²) in [6, 6.07) is 4.94. The van der Waals surface area contributed by atoms with Gasteiger partial charge in [-0.25, -0.2) is 9.78 Å². The number of hydrogen-bond acceptors (Lipinski definition) is 12. The molecule has 1 aromatic heterocycles. The van der Waals surface area contributed by atoms with Gasteiger partial charge in [-0.15, -0.1) is 23.1 Å². The van der Waals surface area contributed by atoms with Gasteiger partial charge in [0.1, 0.15) is 35.5 Å². The molecule has 3 heterocycles. The zero-order chi connectivity index (χ0) is 29.6. The number of β-lactam (4-membered cyclic amide) rings is 1. The highest BCUT2D eigenvalue weighted by Crippen LogP contribution is 2.38. The molecular weight excluding hydrogens is 588 g/mol. The molecule has 2 fully saturated rings. The van der Waals surface area contributed by atoms with Crippen molar-refractivity contribution in [3.8, 4) is 0 Å². The molecule has 5 rings (SSSR count). The lowest BCUT2D eigenvalue weighted by Gasteiger charge is -2.48. The van der Waals surface area contributed by atoms with Gasteiger partial charge in [0, 0.05) is 17.2 Å². The molecule has 0 spiro atoms. The van der Waals surface area contributed by atoms with Crippen LogP contribution in [0, 0.1) is 10.1 Å². The molecule has 2 aromatic rings. The molecule has 0 radical (unpaired) electrons. The molecular formula is C26H26N6O8S2. The quantitative estimate of drug-likeness (QED) is 0.0953. The summed E-state index contributed by atoms with van der Waals surface area (Å²) in [5, 5.41) is 21.7. The zero-order valence-corrected chi connectivity index (χ0v) is 23.7. The predicted octanol–water partition coefficient (Wildman–Crippen LogP) is 2.70. The number of thiazole rings is 1. The van der Waals surface area contributed by atoms with Crippen molar-refractivity contribution in [2.45, 2.75) is 56.2 Å². The number of carbonyl (C=O) groups excluding carboxylic acids is 4. The molecule has 2 atom stereocenters. The van der Waals surface area contributed by atoms with E-state index < -0.39 is 34.1 Å². The van der Waals surface area contributed by atoms with E-state index in [1.54, 1.807) is 17.5 Å². The number of benzene rings is 1. The number of para-hydroxylation sites is 1. The minimum atomic E-state index is -0.958. The Morgan fingerprint density at radius 1 is 1.24 bits per heavy atom. The van der Waals surface area contributed by atoms with E-state index >= 15 is 0 Å². The second-order valence-corrected chi connectivity index (χ2v) is 11.5. The van der Waals surface area contributed by atoms with Crippen LogP contribution < -0.4 is 10.6 Å². The Morgan fingerprint density at radius 3 is 2.79 bits per heavy atom. The smallest absolute Gasteiger partial charge is 0.355 e. The van der Waals surface area contributed by atoms with Gasteiger partial charge in [0.2, 0.25) is 6.41 Å². The van der Waals surface area contributed by atoms with Crippen molar-refractivity contribution in [1.29, 1.82) is 0 Å². The fourth-order valence-corrected chi connectivity index (χ4v) is 6.62. The maximum atomic E-state index is 13.4. The number of oxime groups is 1. The van der Waals surface area contributed by atoms with Crippen LogP contribution in [0.5, 0.6) is 0 Å². The minimum Gasteiger partial charge on any atom is -0.456 e. The molecule has 220 valence electrons. The molecule has 16 heteroatoms. The third-order valence-electron chi connectivity index (χ3n) is 6.88. The van der Waals surface area contributed by atoms with Gasteiger partial charge in [-0.3, -0.25) is 29.4 Å². The Kier molecular flexibility index (Phi) is 9.12. The number of thioether (sulfide) groups is 1. The van der Waals surface area contributed by atoms with Crippen molar-refractivity contribution >= 4 is 63.8 Å². The number of fused-ring (bicyclic) bond motifs is 1. The zero-order valence-electron chi connectivity index (χ0n) is 22.1. The summed E-state index contributed by atoms with van der Waals surface area (Å²) in [4.78, 5) is 72.1. The molecule has 0 bridgehead atoms. The molecule has 1 saturated heterocycles. The van der Waals surface area contributed by atoms with E-state index in [4.69, 9.17) is 9.57 Å². The fourth-order valence-electron chi connectivity index (χ4n) is 4.77. The first kappa shape index (κ1) is 29.2. The summed E-state index contributed by atoms with van der Waals surface area (Å²) < 4.78 is 5.31. The summed E-state index contributed by atoms with van der Waals surface area (Å²) in [5.41, 5.74) is 0.0815. The highest BCUT2D eigenvalue weighted by atomic mass is 32.2. The molecule has 2 N–H and O–H groups in total. The van der Waals surface area contributed by atoms with E-state index in [-0.39, 0.29) is 46.2 Å². The van der Waals surface area contributed by atoms with Crippen molar-refractivity contribution in [3.05, 3.63) is 62.8 Å². The van der Waals surface area contributed by atoms with Gasteiger partial charge in [-0.2, -0.15) is 0 Å². The van der Waals surface area contributed by atoms with E-state index in [1.807, 2.05) is 0 Å². The van der Waals surface area contributed by atoms with Gasteiger partial charge >= 0.3 is 5.97 Å². The molecule has 3 aliphatic rings. The number of nitro groups is 1. The van der Waals surface area contributed by atoms with Gasteiger partial charge in [0.15, 0.2) is 10.8 Å². The van der Waals surface area contributed by atoms with E-state index in [2.05, 4.69) is 20.8 Å². The third-order valence-corrected chi connectivity index (χ3v) is 8.84. The number of ether oxygens (including phenoxy) is 1. The van der Waals surface area contributed by atoms with E-state index in [9.17, 15) is 29.3 Å². The molecule has 1 aromatic carbocycles. The fraction of sp³-hybridized carbons (Fsp3) is 0.385. The van der Waals surface area contributed by atoms with Crippen molar-refractivity contribution < 1.29 is 33.7 Å². The normalized spacial score (nSPS) is 20.5. The standard InChI is InChI=1S/C26H26N6O8S2/c33-14-27-26-28-17(13-42-26)20(30-40-16-7-2-1-3-8-16)22(34)29-21-23(35)31-19(10-11-41-24(21)31)25(36)39-12-15-6-4-5-9-18(15)32(37)38/h4-6,9-10,13-14,16,21,24H,1-3,7-8,11-12H2,(H,29,34)(H,27,28,33)/b30-20+/t21?,24-/m1/s1. The monoisotopic (exact) mass is 614 g/mol. The molecule has 14 nitrogen and oxygen atoms in total. The number of esters is 1. The molecule has 42 heavy (non-hydrogen) atoms. The lowest BCUT2D eigenvalue weighted by Crippen LogP contribution is -2.70. The average molecular weight is 615 g/mol. The van der Waals surface area contributed by atoms with Crippen LogP contribution in [0.1, 0.15) is 43.4 Å². The number of aromatic nitrogens is 1. The van der Waals surface area contributed by atoms with Crippen molar-refractivity contribution in [1.82, 2.24) is 15.2 Å². The number of nitrogens with one attached hydrogen (secondary N) is 2. The van der Waals surface area contributed by atoms with Crippen molar-refractivity contribution in [3.63, 3.8) is 0 Å². The number of rotatable bonds is 11. The first-order valence-electron chi connectivity index (χ1n) is 13.1. The van der Waals surface area contributed by atoms with Crippen molar-refractivity contribution in [2.75, 3.05) is 11.1 Å². The summed E-state index contributed by atoms with van der Waals surface area (Å²) in [6.45, 7) is -0.345. The lowest BCUT2D eigenvalue weighted by atomic mass is 9.98. The van der Waals surface area contributed by atoms with Crippen LogP contribution in [0.4, 0.5) is 10.8 Å². The van der Waals surface area contributed by atoms with E-state index in [0.717, 1.165) is 43.4 Å². The van der Waals surface area contributed by atoms with Gasteiger partial charge in [-0.05, 0) is 37.8 Å². The Labute approximate surface area is 247 Å². The van der Waals surface area contributed by atoms with Crippen LogP contribution in [0.3, 0.4) is 0 Å². The number of nitrogens with zero attached hydrogens (tertiary/aromatic N) is 4. The lowest BCUT2D eigenvalue weighted by molar-refractivity contribution is -0.385. The Bertz CT molecular complexity index is 1450. The van der Waals surface area contributed by atoms with E-state index in [0.29, 0.717) is 12.2 Å². The highest BCUT2D eigenvalue weighted by Gasteiger charge is 2.53. The number of carbonyl (C=O) groups is 4. The predicted molar refractivity (Wildman–Crippen MR) is 152 cm³/mol. The average Bonchev–Trinajstić information content (AvgIpc) is 3.47. The van der Waals surface area contributed by atoms with Crippen LogP contribution in [-0.2, 0) is 35.4 Å². The van der Waals surface area contributed by atoms with E-state index in [1.165, 1.54) is 34.9 Å². The SMILES string of the molecule is O=CNc1nc(/C(=N\OC2CCCCC2)C(=O)NC2C(=O)N3C(C(=O)OCc4ccccc4[N+](=O)[O-])=CCS[C@H]23)cs1. The number of anilines is 1. The Morgan fingerprint density at radius 2 is 2.02 bits per heavy atom. The molecule has 1 saturated carbocycles. The number of nitro benzene ring substituents is 1. The van der Waals surface area contributed by atoms with Crippen LogP contribution in [0.2, 0.25) is 0 Å². The number of amides is 3.